The van der Waals surface area contributed by atoms with Crippen molar-refractivity contribution < 1.29 is 0 Å². The Kier molecular flexibility index (Phi) is 6.75. The molecule has 260 valence electrons. The quantitative estimate of drug-likeness (QED) is 0.172. The highest BCUT2D eigenvalue weighted by Crippen LogP contribution is 2.69. The SMILES string of the molecule is c1ccc(-c2ccccc2N(c2ccc(-c3ccc4c(c3)-c3ccccc3C43C4CC5CC(C4)CC3C5)cc2)c2ccc3sc4ccccc4c3c2)cc1. The van der Waals surface area contributed by atoms with Crippen LogP contribution in [0.3, 0.4) is 0 Å². The summed E-state index contributed by atoms with van der Waals surface area (Å²) < 4.78 is 2.65. The molecule has 0 radical (unpaired) electrons. The lowest BCUT2D eigenvalue weighted by molar-refractivity contribution is -0.0399. The van der Waals surface area contributed by atoms with Gasteiger partial charge in [0.2, 0.25) is 0 Å². The van der Waals surface area contributed by atoms with Gasteiger partial charge in [-0.1, -0.05) is 115 Å². The van der Waals surface area contributed by atoms with Gasteiger partial charge in [0.15, 0.2) is 0 Å². The fourth-order valence-electron chi connectivity index (χ4n) is 12.0. The molecule has 13 rings (SSSR count). The van der Waals surface area contributed by atoms with Crippen molar-refractivity contribution in [2.24, 2.45) is 23.7 Å². The highest BCUT2D eigenvalue weighted by atomic mass is 32.1. The zero-order chi connectivity index (χ0) is 35.4. The number of fused-ring (bicyclic) bond motifs is 6. The molecule has 4 fully saturated rings. The second-order valence-corrected chi connectivity index (χ2v) is 17.6. The number of thiophene rings is 1. The van der Waals surface area contributed by atoms with Crippen LogP contribution < -0.4 is 4.90 Å². The molecule has 0 N–H and O–H groups in total. The van der Waals surface area contributed by atoms with Crippen molar-refractivity contribution in [1.29, 1.82) is 0 Å². The molecule has 0 atom stereocenters. The smallest absolute Gasteiger partial charge is 0.0540 e. The predicted octanol–water partition coefficient (Wildman–Crippen LogP) is 14.6. The van der Waals surface area contributed by atoms with E-state index in [1.165, 1.54) is 91.3 Å². The summed E-state index contributed by atoms with van der Waals surface area (Å²) in [6, 6.07) is 61.7. The zero-order valence-electron chi connectivity index (χ0n) is 30.3. The summed E-state index contributed by atoms with van der Waals surface area (Å²) in [5, 5.41) is 2.63. The maximum absolute atomic E-state index is 2.55. The zero-order valence-corrected chi connectivity index (χ0v) is 31.1. The largest absolute Gasteiger partial charge is 0.310 e. The lowest BCUT2D eigenvalue weighted by atomic mass is 9.43. The van der Waals surface area contributed by atoms with Crippen LogP contribution >= 0.6 is 11.3 Å². The van der Waals surface area contributed by atoms with Crippen LogP contribution in [-0.4, -0.2) is 0 Å². The maximum atomic E-state index is 2.55. The normalized spacial score (nSPS) is 23.3. The number of rotatable bonds is 5. The van der Waals surface area contributed by atoms with Gasteiger partial charge in [-0.15, -0.1) is 11.3 Å². The molecule has 5 aliphatic rings. The topological polar surface area (TPSA) is 3.24 Å². The van der Waals surface area contributed by atoms with Crippen LogP contribution in [-0.2, 0) is 5.41 Å². The molecule has 4 saturated carbocycles. The van der Waals surface area contributed by atoms with Crippen molar-refractivity contribution in [2.45, 2.75) is 37.5 Å². The molecule has 0 aliphatic heterocycles. The van der Waals surface area contributed by atoms with E-state index < -0.39 is 0 Å². The number of benzene rings is 7. The number of hydrogen-bond acceptors (Lipinski definition) is 2. The van der Waals surface area contributed by atoms with Crippen LogP contribution in [0.25, 0.3) is 53.6 Å². The van der Waals surface area contributed by atoms with Gasteiger partial charge >= 0.3 is 0 Å². The number of para-hydroxylation sites is 1. The van der Waals surface area contributed by atoms with E-state index in [0.717, 1.165) is 35.0 Å². The Morgan fingerprint density at radius 2 is 1.06 bits per heavy atom. The second-order valence-electron chi connectivity index (χ2n) is 16.5. The van der Waals surface area contributed by atoms with Gasteiger partial charge in [0.1, 0.15) is 0 Å². The molecule has 2 heteroatoms. The average molecular weight is 712 g/mol. The molecule has 54 heavy (non-hydrogen) atoms. The number of anilines is 3. The highest BCUT2D eigenvalue weighted by molar-refractivity contribution is 7.25. The van der Waals surface area contributed by atoms with E-state index in [2.05, 4.69) is 169 Å². The summed E-state index contributed by atoms with van der Waals surface area (Å²) in [6.45, 7) is 0. The van der Waals surface area contributed by atoms with Crippen molar-refractivity contribution in [2.75, 3.05) is 4.90 Å². The fourth-order valence-corrected chi connectivity index (χ4v) is 13.0. The average Bonchev–Trinajstić information content (AvgIpc) is 3.74. The van der Waals surface area contributed by atoms with Crippen LogP contribution in [0.1, 0.15) is 43.2 Å². The van der Waals surface area contributed by atoms with Crippen molar-refractivity contribution in [1.82, 2.24) is 0 Å². The van der Waals surface area contributed by atoms with E-state index in [-0.39, 0.29) is 5.41 Å². The van der Waals surface area contributed by atoms with Crippen LogP contribution in [0, 0.1) is 23.7 Å². The molecule has 1 aromatic heterocycles. The minimum Gasteiger partial charge on any atom is -0.310 e. The van der Waals surface area contributed by atoms with Crippen LogP contribution in [0.2, 0.25) is 0 Å². The molecule has 0 amide bonds. The first kappa shape index (κ1) is 31.0. The van der Waals surface area contributed by atoms with Crippen molar-refractivity contribution in [3.63, 3.8) is 0 Å². The van der Waals surface area contributed by atoms with Crippen molar-refractivity contribution in [3.05, 3.63) is 175 Å². The minimum absolute atomic E-state index is 0.212. The summed E-state index contributed by atoms with van der Waals surface area (Å²) in [5.74, 6) is 3.49. The Morgan fingerprint density at radius 3 is 1.87 bits per heavy atom. The van der Waals surface area contributed by atoms with Gasteiger partial charge < -0.3 is 4.90 Å². The predicted molar refractivity (Wildman–Crippen MR) is 228 cm³/mol. The lowest BCUT2D eigenvalue weighted by Crippen LogP contribution is -2.55. The minimum atomic E-state index is 0.212. The van der Waals surface area contributed by atoms with E-state index >= 15 is 0 Å². The van der Waals surface area contributed by atoms with E-state index in [9.17, 15) is 0 Å². The molecule has 4 bridgehead atoms. The Morgan fingerprint density at radius 1 is 0.426 bits per heavy atom. The Balaban J connectivity index is 0.977. The van der Waals surface area contributed by atoms with Gasteiger partial charge in [-0.3, -0.25) is 0 Å². The van der Waals surface area contributed by atoms with Gasteiger partial charge in [-0.2, -0.15) is 0 Å². The maximum Gasteiger partial charge on any atom is 0.0540 e. The lowest BCUT2D eigenvalue weighted by Gasteiger charge is -2.61. The first-order valence-corrected chi connectivity index (χ1v) is 20.7. The van der Waals surface area contributed by atoms with Gasteiger partial charge in [0.25, 0.3) is 0 Å². The van der Waals surface area contributed by atoms with Gasteiger partial charge in [-0.25, -0.2) is 0 Å². The van der Waals surface area contributed by atoms with Crippen molar-refractivity contribution in [3.8, 4) is 33.4 Å². The van der Waals surface area contributed by atoms with E-state index in [1.807, 2.05) is 11.3 Å². The standard InChI is InChI=1S/C52H41NS/c1-2-10-36(11-3-1)42-12-5-8-16-49(42)53(41-23-25-51-46(32-41)44-14-6-9-17-50(44)54-51)40-21-18-35(19-22-40)37-20-24-48-45(31-37)43-13-4-7-15-47(43)52(48)38-27-33-26-34(29-38)30-39(52)28-33/h1-25,31-34,38-39H,26-30H2. The Bertz CT molecular complexity index is 2710. The molecule has 7 aromatic carbocycles. The van der Waals surface area contributed by atoms with Crippen LogP contribution in [0.15, 0.2) is 164 Å². The van der Waals surface area contributed by atoms with Gasteiger partial charge in [0.05, 0.1) is 5.69 Å². The van der Waals surface area contributed by atoms with E-state index in [4.69, 9.17) is 0 Å². The number of hydrogen-bond donors (Lipinski definition) is 0. The summed E-state index contributed by atoms with van der Waals surface area (Å²) in [7, 11) is 0. The molecule has 0 unspecified atom stereocenters. The third-order valence-electron chi connectivity index (χ3n) is 13.9. The van der Waals surface area contributed by atoms with E-state index in [1.54, 1.807) is 11.1 Å². The monoisotopic (exact) mass is 711 g/mol. The first-order valence-electron chi connectivity index (χ1n) is 19.9. The molecule has 0 saturated heterocycles. The molecular formula is C52H41NS. The van der Waals surface area contributed by atoms with Gasteiger partial charge in [-0.05, 0) is 143 Å². The third kappa shape index (κ3) is 4.44. The molecule has 8 aromatic rings. The Labute approximate surface area is 321 Å². The fraction of sp³-hybridized carbons (Fsp3) is 0.192. The summed E-state index contributed by atoms with van der Waals surface area (Å²) in [4.78, 5) is 2.45. The van der Waals surface area contributed by atoms with Crippen LogP contribution in [0.5, 0.6) is 0 Å². The molecule has 5 aliphatic carbocycles. The molecule has 1 spiro atoms. The second kappa shape index (κ2) is 11.8. The summed E-state index contributed by atoms with van der Waals surface area (Å²) in [5.41, 5.74) is 14.9. The van der Waals surface area contributed by atoms with Crippen molar-refractivity contribution >= 4 is 48.6 Å². The summed E-state index contributed by atoms with van der Waals surface area (Å²) in [6.07, 6.45) is 7.17. The molecule has 1 nitrogen and oxygen atoms in total. The van der Waals surface area contributed by atoms with Crippen LogP contribution in [0.4, 0.5) is 17.1 Å². The first-order chi connectivity index (χ1) is 26.7. The molecular weight excluding hydrogens is 671 g/mol. The summed E-state index contributed by atoms with van der Waals surface area (Å²) >= 11 is 1.87. The molecule has 1 heterocycles. The Hall–Kier alpha value is -5.44. The number of nitrogens with zero attached hydrogens (tertiary/aromatic N) is 1. The highest BCUT2D eigenvalue weighted by Gasteiger charge is 2.61. The third-order valence-corrected chi connectivity index (χ3v) is 15.0. The van der Waals surface area contributed by atoms with E-state index in [0.29, 0.717) is 0 Å². The van der Waals surface area contributed by atoms with Gasteiger partial charge in [0, 0.05) is 42.5 Å².